The van der Waals surface area contributed by atoms with Crippen molar-refractivity contribution >= 4 is 22.9 Å². The van der Waals surface area contributed by atoms with Gasteiger partial charge in [-0.05, 0) is 55.6 Å². The van der Waals surface area contributed by atoms with E-state index in [1.54, 1.807) is 0 Å². The topological polar surface area (TPSA) is 12.0 Å². The van der Waals surface area contributed by atoms with Crippen LogP contribution >= 0.6 is 22.9 Å². The number of thiophene rings is 1. The Morgan fingerprint density at radius 3 is 2.88 bits per heavy atom. The highest BCUT2D eigenvalue weighted by atomic mass is 35.5. The average molecular weight is 272 g/mol. The normalized spacial score (nSPS) is 29.5. The van der Waals surface area contributed by atoms with E-state index in [0.29, 0.717) is 5.92 Å². The molecule has 0 spiro atoms. The molecule has 0 saturated heterocycles. The van der Waals surface area contributed by atoms with Crippen molar-refractivity contribution in [2.45, 2.75) is 38.5 Å². The van der Waals surface area contributed by atoms with Crippen molar-refractivity contribution in [3.05, 3.63) is 21.3 Å². The third-order valence-corrected chi connectivity index (χ3v) is 5.62. The molecule has 1 aliphatic rings. The second kappa shape index (κ2) is 6.21. The van der Waals surface area contributed by atoms with E-state index in [0.717, 1.165) is 23.4 Å². The van der Waals surface area contributed by atoms with E-state index >= 15 is 0 Å². The number of nitrogens with one attached hydrogen (secondary N) is 1. The molecule has 0 aromatic carbocycles. The van der Waals surface area contributed by atoms with Crippen molar-refractivity contribution in [3.63, 3.8) is 0 Å². The quantitative estimate of drug-likeness (QED) is 0.848. The van der Waals surface area contributed by atoms with Crippen LogP contribution in [0.25, 0.3) is 0 Å². The monoisotopic (exact) mass is 271 g/mol. The molecule has 1 aliphatic carbocycles. The van der Waals surface area contributed by atoms with Gasteiger partial charge >= 0.3 is 0 Å². The highest BCUT2D eigenvalue weighted by Gasteiger charge is 2.32. The Labute approximate surface area is 114 Å². The number of halogens is 1. The van der Waals surface area contributed by atoms with Gasteiger partial charge in [0, 0.05) is 4.88 Å². The van der Waals surface area contributed by atoms with Crippen LogP contribution in [0, 0.1) is 11.8 Å². The molecule has 1 nitrogen and oxygen atoms in total. The Bertz CT molecular complexity index is 350. The Kier molecular flexibility index (Phi) is 4.89. The lowest BCUT2D eigenvalue weighted by molar-refractivity contribution is 0.231. The zero-order chi connectivity index (χ0) is 12.3. The van der Waals surface area contributed by atoms with Crippen LogP contribution in [0.3, 0.4) is 0 Å². The molecule has 17 heavy (non-hydrogen) atoms. The molecular weight excluding hydrogens is 250 g/mol. The van der Waals surface area contributed by atoms with Gasteiger partial charge in [0.15, 0.2) is 0 Å². The fourth-order valence-electron chi connectivity index (χ4n) is 3.09. The minimum absolute atomic E-state index is 0.675. The van der Waals surface area contributed by atoms with Gasteiger partial charge in [0.2, 0.25) is 0 Å². The van der Waals surface area contributed by atoms with Crippen LogP contribution < -0.4 is 5.32 Å². The van der Waals surface area contributed by atoms with Crippen LogP contribution in [0.1, 0.15) is 43.4 Å². The van der Waals surface area contributed by atoms with E-state index in [1.807, 2.05) is 17.4 Å². The first-order valence-corrected chi connectivity index (χ1v) is 7.89. The Hall–Kier alpha value is -0.0500. The summed E-state index contributed by atoms with van der Waals surface area (Å²) in [6.45, 7) is 3.44. The predicted molar refractivity (Wildman–Crippen MR) is 77.1 cm³/mol. The molecule has 3 heteroatoms. The molecule has 1 heterocycles. The summed E-state index contributed by atoms with van der Waals surface area (Å²) in [6, 6.07) is 2.05. The molecule has 96 valence electrons. The standard InChI is InChI=1S/C14H22ClNS/c1-3-10-4-5-11(9-16-2)12(8-10)14-13(15)6-7-17-14/h6-7,10-12,16H,3-5,8-9H2,1-2H3. The van der Waals surface area contributed by atoms with Crippen LogP contribution in [-0.4, -0.2) is 13.6 Å². The van der Waals surface area contributed by atoms with Crippen molar-refractivity contribution in [2.24, 2.45) is 11.8 Å². The summed E-state index contributed by atoms with van der Waals surface area (Å²) < 4.78 is 0. The first-order valence-electron chi connectivity index (χ1n) is 6.63. The molecule has 0 radical (unpaired) electrons. The van der Waals surface area contributed by atoms with E-state index in [9.17, 15) is 0 Å². The molecule has 1 aromatic rings. The van der Waals surface area contributed by atoms with E-state index in [1.165, 1.54) is 30.6 Å². The maximum atomic E-state index is 6.32. The Morgan fingerprint density at radius 1 is 1.47 bits per heavy atom. The Morgan fingerprint density at radius 2 is 2.29 bits per heavy atom. The summed E-state index contributed by atoms with van der Waals surface area (Å²) in [6.07, 6.45) is 5.37. The first kappa shape index (κ1) is 13.4. The summed E-state index contributed by atoms with van der Waals surface area (Å²) in [5, 5.41) is 6.46. The van der Waals surface area contributed by atoms with Crippen LogP contribution in [0.15, 0.2) is 11.4 Å². The van der Waals surface area contributed by atoms with Gasteiger partial charge in [-0.15, -0.1) is 11.3 Å². The lowest BCUT2D eigenvalue weighted by Gasteiger charge is -2.35. The Balaban J connectivity index is 2.16. The summed E-state index contributed by atoms with van der Waals surface area (Å²) in [5.74, 6) is 2.33. The molecule has 1 aromatic heterocycles. The van der Waals surface area contributed by atoms with Crippen LogP contribution in [0.2, 0.25) is 5.02 Å². The van der Waals surface area contributed by atoms with Crippen molar-refractivity contribution in [2.75, 3.05) is 13.6 Å². The zero-order valence-corrected chi connectivity index (χ0v) is 12.3. The van der Waals surface area contributed by atoms with Gasteiger partial charge in [-0.3, -0.25) is 0 Å². The average Bonchev–Trinajstić information content (AvgIpc) is 2.76. The summed E-state index contributed by atoms with van der Waals surface area (Å²) in [7, 11) is 2.05. The molecule has 3 unspecified atom stereocenters. The van der Waals surface area contributed by atoms with Crippen molar-refractivity contribution in [3.8, 4) is 0 Å². The van der Waals surface area contributed by atoms with Gasteiger partial charge in [0.25, 0.3) is 0 Å². The van der Waals surface area contributed by atoms with Gasteiger partial charge in [0.05, 0.1) is 5.02 Å². The third-order valence-electron chi connectivity index (χ3n) is 4.13. The fourth-order valence-corrected chi connectivity index (χ4v) is 4.50. The minimum atomic E-state index is 0.675. The zero-order valence-electron chi connectivity index (χ0n) is 10.7. The molecule has 0 aliphatic heterocycles. The van der Waals surface area contributed by atoms with Gasteiger partial charge < -0.3 is 5.32 Å². The van der Waals surface area contributed by atoms with E-state index in [2.05, 4.69) is 24.7 Å². The minimum Gasteiger partial charge on any atom is -0.319 e. The third kappa shape index (κ3) is 3.04. The molecular formula is C14H22ClNS. The molecule has 1 saturated carbocycles. The van der Waals surface area contributed by atoms with Gasteiger partial charge in [-0.2, -0.15) is 0 Å². The number of rotatable bonds is 4. The molecule has 0 bridgehead atoms. The maximum Gasteiger partial charge on any atom is 0.0547 e. The summed E-state index contributed by atoms with van der Waals surface area (Å²) in [5.41, 5.74) is 0. The second-order valence-electron chi connectivity index (χ2n) is 5.14. The molecule has 3 atom stereocenters. The van der Waals surface area contributed by atoms with Crippen molar-refractivity contribution in [1.82, 2.24) is 5.32 Å². The lowest BCUT2D eigenvalue weighted by atomic mass is 9.72. The van der Waals surface area contributed by atoms with Gasteiger partial charge in [-0.1, -0.05) is 31.4 Å². The van der Waals surface area contributed by atoms with E-state index in [-0.39, 0.29) is 0 Å². The van der Waals surface area contributed by atoms with Gasteiger partial charge in [-0.25, -0.2) is 0 Å². The van der Waals surface area contributed by atoms with Crippen molar-refractivity contribution < 1.29 is 0 Å². The van der Waals surface area contributed by atoms with Crippen LogP contribution in [0.4, 0.5) is 0 Å². The fraction of sp³-hybridized carbons (Fsp3) is 0.714. The van der Waals surface area contributed by atoms with Crippen LogP contribution in [0.5, 0.6) is 0 Å². The SMILES string of the molecule is CCC1CCC(CNC)C(c2sccc2Cl)C1. The molecule has 0 amide bonds. The number of hydrogen-bond donors (Lipinski definition) is 1. The maximum absolute atomic E-state index is 6.32. The van der Waals surface area contributed by atoms with E-state index < -0.39 is 0 Å². The highest BCUT2D eigenvalue weighted by Crippen LogP contribution is 2.45. The van der Waals surface area contributed by atoms with Gasteiger partial charge in [0.1, 0.15) is 0 Å². The second-order valence-corrected chi connectivity index (χ2v) is 6.50. The molecule has 1 fully saturated rings. The van der Waals surface area contributed by atoms with Crippen molar-refractivity contribution in [1.29, 1.82) is 0 Å². The summed E-state index contributed by atoms with van der Waals surface area (Å²) in [4.78, 5) is 1.42. The molecule has 1 N–H and O–H groups in total. The first-order chi connectivity index (χ1) is 8.26. The number of hydrogen-bond acceptors (Lipinski definition) is 2. The van der Waals surface area contributed by atoms with E-state index in [4.69, 9.17) is 11.6 Å². The largest absolute Gasteiger partial charge is 0.319 e. The lowest BCUT2D eigenvalue weighted by Crippen LogP contribution is -2.30. The predicted octanol–water partition coefficient (Wildman–Crippen LogP) is 4.53. The summed E-state index contributed by atoms with van der Waals surface area (Å²) >= 11 is 8.16. The molecule has 2 rings (SSSR count). The highest BCUT2D eigenvalue weighted by molar-refractivity contribution is 7.10. The van der Waals surface area contributed by atoms with Crippen LogP contribution in [-0.2, 0) is 0 Å². The smallest absolute Gasteiger partial charge is 0.0547 e.